The number of hydrogen-bond acceptors (Lipinski definition) is 3. The third kappa shape index (κ3) is 4.86. The topological polar surface area (TPSA) is 58.2 Å². The van der Waals surface area contributed by atoms with E-state index in [0.29, 0.717) is 11.3 Å². The highest BCUT2D eigenvalue weighted by atomic mass is 127. The van der Waals surface area contributed by atoms with Crippen LogP contribution in [0.3, 0.4) is 0 Å². The average Bonchev–Trinajstić information content (AvgIpc) is 2.47. The van der Waals surface area contributed by atoms with Gasteiger partial charge in [-0.3, -0.25) is 9.59 Å². The molecule has 5 heteroatoms. The molecule has 0 aliphatic carbocycles. The van der Waals surface area contributed by atoms with E-state index in [1.165, 1.54) is 6.92 Å². The first-order valence-electron chi connectivity index (χ1n) is 6.45. The summed E-state index contributed by atoms with van der Waals surface area (Å²) in [6.07, 6.45) is 0. The molecule has 0 bridgehead atoms. The number of benzene rings is 2. The van der Waals surface area contributed by atoms with Crippen molar-refractivity contribution in [3.05, 3.63) is 57.7 Å². The van der Waals surface area contributed by atoms with Crippen LogP contribution in [0.5, 0.6) is 0 Å². The summed E-state index contributed by atoms with van der Waals surface area (Å²) >= 11 is 2.23. The number of nitrogens with one attached hydrogen (secondary N) is 2. The predicted octanol–water partition coefficient (Wildman–Crippen LogP) is 3.54. The second-order valence-electron chi connectivity index (χ2n) is 4.55. The van der Waals surface area contributed by atoms with Crippen molar-refractivity contribution in [3.8, 4) is 0 Å². The van der Waals surface area contributed by atoms with Crippen LogP contribution in [-0.2, 0) is 4.79 Å². The van der Waals surface area contributed by atoms with Gasteiger partial charge in [-0.1, -0.05) is 12.1 Å². The zero-order chi connectivity index (χ0) is 15.2. The van der Waals surface area contributed by atoms with Crippen molar-refractivity contribution >= 4 is 45.7 Å². The molecule has 1 amide bonds. The summed E-state index contributed by atoms with van der Waals surface area (Å²) in [6.45, 7) is 1.67. The van der Waals surface area contributed by atoms with Crippen LogP contribution in [-0.4, -0.2) is 18.2 Å². The average molecular weight is 394 g/mol. The van der Waals surface area contributed by atoms with Gasteiger partial charge in [0.2, 0.25) is 5.91 Å². The van der Waals surface area contributed by atoms with Crippen LogP contribution in [0.4, 0.5) is 11.4 Å². The molecule has 0 heterocycles. The van der Waals surface area contributed by atoms with Gasteiger partial charge in [0.05, 0.1) is 6.54 Å². The largest absolute Gasteiger partial charge is 0.376 e. The van der Waals surface area contributed by atoms with Gasteiger partial charge in [0.25, 0.3) is 0 Å². The second-order valence-corrected chi connectivity index (χ2v) is 5.79. The van der Waals surface area contributed by atoms with Gasteiger partial charge in [0.15, 0.2) is 5.78 Å². The quantitative estimate of drug-likeness (QED) is 0.603. The molecule has 0 saturated heterocycles. The number of carbonyl (C=O) groups excluding carboxylic acids is 2. The van der Waals surface area contributed by atoms with Gasteiger partial charge in [-0.15, -0.1) is 0 Å². The Morgan fingerprint density at radius 1 is 1.05 bits per heavy atom. The molecular weight excluding hydrogens is 379 g/mol. The van der Waals surface area contributed by atoms with Gasteiger partial charge in [-0.2, -0.15) is 0 Å². The van der Waals surface area contributed by atoms with Gasteiger partial charge >= 0.3 is 0 Å². The number of halogens is 1. The SMILES string of the molecule is CC(=O)c1cccc(NC(=O)CNc2ccc(I)cc2)c1. The number of carbonyl (C=O) groups is 2. The second kappa shape index (κ2) is 7.21. The normalized spacial score (nSPS) is 10.0. The smallest absolute Gasteiger partial charge is 0.243 e. The minimum Gasteiger partial charge on any atom is -0.376 e. The van der Waals surface area contributed by atoms with Gasteiger partial charge in [-0.05, 0) is 65.9 Å². The van der Waals surface area contributed by atoms with Crippen LogP contribution >= 0.6 is 22.6 Å². The van der Waals surface area contributed by atoms with Crippen molar-refractivity contribution in [1.82, 2.24) is 0 Å². The maximum Gasteiger partial charge on any atom is 0.243 e. The monoisotopic (exact) mass is 394 g/mol. The first-order valence-corrected chi connectivity index (χ1v) is 7.53. The van der Waals surface area contributed by atoms with E-state index < -0.39 is 0 Å². The third-order valence-corrected chi connectivity index (χ3v) is 3.57. The molecule has 0 aliphatic rings. The van der Waals surface area contributed by atoms with E-state index in [1.54, 1.807) is 24.3 Å². The summed E-state index contributed by atoms with van der Waals surface area (Å²) in [7, 11) is 0. The van der Waals surface area contributed by atoms with Crippen LogP contribution in [0.2, 0.25) is 0 Å². The number of Topliss-reactive ketones (excluding diaryl/α,β-unsaturated/α-hetero) is 1. The minimum atomic E-state index is -0.158. The Hall–Kier alpha value is -1.89. The number of amides is 1. The molecule has 2 rings (SSSR count). The molecule has 0 atom stereocenters. The summed E-state index contributed by atoms with van der Waals surface area (Å²) in [5.41, 5.74) is 2.10. The molecule has 0 saturated carbocycles. The van der Waals surface area contributed by atoms with Gasteiger partial charge in [0, 0.05) is 20.5 Å². The van der Waals surface area contributed by atoms with Crippen molar-refractivity contribution < 1.29 is 9.59 Å². The van der Waals surface area contributed by atoms with Crippen LogP contribution in [0.25, 0.3) is 0 Å². The van der Waals surface area contributed by atoms with Gasteiger partial charge in [0.1, 0.15) is 0 Å². The van der Waals surface area contributed by atoms with E-state index in [2.05, 4.69) is 33.2 Å². The predicted molar refractivity (Wildman–Crippen MR) is 92.7 cm³/mol. The molecule has 2 aromatic carbocycles. The fraction of sp³-hybridized carbons (Fsp3) is 0.125. The maximum atomic E-state index is 11.9. The fourth-order valence-electron chi connectivity index (χ4n) is 1.77. The van der Waals surface area contributed by atoms with Crippen molar-refractivity contribution in [3.63, 3.8) is 0 Å². The summed E-state index contributed by atoms with van der Waals surface area (Å²) in [6, 6.07) is 14.7. The number of anilines is 2. The Morgan fingerprint density at radius 2 is 1.76 bits per heavy atom. The zero-order valence-corrected chi connectivity index (χ0v) is 13.7. The molecule has 0 aliphatic heterocycles. The van der Waals surface area contributed by atoms with E-state index in [-0.39, 0.29) is 18.2 Å². The van der Waals surface area contributed by atoms with E-state index in [9.17, 15) is 9.59 Å². The molecule has 21 heavy (non-hydrogen) atoms. The lowest BCUT2D eigenvalue weighted by molar-refractivity contribution is -0.114. The fourth-order valence-corrected chi connectivity index (χ4v) is 2.13. The summed E-state index contributed by atoms with van der Waals surface area (Å²) in [5.74, 6) is -0.183. The van der Waals surface area contributed by atoms with Crippen LogP contribution < -0.4 is 10.6 Å². The highest BCUT2D eigenvalue weighted by molar-refractivity contribution is 14.1. The first kappa shape index (κ1) is 15.5. The number of hydrogen-bond donors (Lipinski definition) is 2. The lowest BCUT2D eigenvalue weighted by Gasteiger charge is -2.08. The van der Waals surface area contributed by atoms with E-state index in [1.807, 2.05) is 24.3 Å². The molecule has 0 radical (unpaired) electrons. The zero-order valence-electron chi connectivity index (χ0n) is 11.5. The Morgan fingerprint density at radius 3 is 2.43 bits per heavy atom. The molecule has 0 spiro atoms. The van der Waals surface area contributed by atoms with Gasteiger partial charge < -0.3 is 10.6 Å². The highest BCUT2D eigenvalue weighted by Gasteiger charge is 2.04. The van der Waals surface area contributed by atoms with Gasteiger partial charge in [-0.25, -0.2) is 0 Å². The Bertz CT molecular complexity index is 654. The first-order chi connectivity index (χ1) is 10.0. The molecular formula is C16H15IN2O2. The maximum absolute atomic E-state index is 11.9. The summed E-state index contributed by atoms with van der Waals surface area (Å²) in [4.78, 5) is 23.2. The molecule has 2 aromatic rings. The number of rotatable bonds is 5. The van der Waals surface area contributed by atoms with Crippen molar-refractivity contribution in [1.29, 1.82) is 0 Å². The molecule has 4 nitrogen and oxygen atoms in total. The lowest BCUT2D eigenvalue weighted by atomic mass is 10.1. The summed E-state index contributed by atoms with van der Waals surface area (Å²) in [5, 5.41) is 5.81. The van der Waals surface area contributed by atoms with E-state index in [4.69, 9.17) is 0 Å². The minimum absolute atomic E-state index is 0.0249. The van der Waals surface area contributed by atoms with Crippen LogP contribution in [0, 0.1) is 3.57 Å². The van der Waals surface area contributed by atoms with Crippen LogP contribution in [0.1, 0.15) is 17.3 Å². The molecule has 2 N–H and O–H groups in total. The van der Waals surface area contributed by atoms with E-state index in [0.717, 1.165) is 9.26 Å². The molecule has 108 valence electrons. The Kier molecular flexibility index (Phi) is 5.32. The number of ketones is 1. The standard InChI is InChI=1S/C16H15IN2O2/c1-11(20)12-3-2-4-15(9-12)19-16(21)10-18-14-7-5-13(17)6-8-14/h2-9,18H,10H2,1H3,(H,19,21). The van der Waals surface area contributed by atoms with E-state index >= 15 is 0 Å². The Labute approximate surface area is 137 Å². The van der Waals surface area contributed by atoms with Crippen LogP contribution in [0.15, 0.2) is 48.5 Å². The van der Waals surface area contributed by atoms with Crippen molar-refractivity contribution in [2.45, 2.75) is 6.92 Å². The van der Waals surface area contributed by atoms with Crippen molar-refractivity contribution in [2.24, 2.45) is 0 Å². The van der Waals surface area contributed by atoms with Crippen molar-refractivity contribution in [2.75, 3.05) is 17.2 Å². The highest BCUT2D eigenvalue weighted by Crippen LogP contribution is 2.12. The summed E-state index contributed by atoms with van der Waals surface area (Å²) < 4.78 is 1.14. The molecule has 0 unspecified atom stereocenters. The Balaban J connectivity index is 1.91. The third-order valence-electron chi connectivity index (χ3n) is 2.85. The lowest BCUT2D eigenvalue weighted by Crippen LogP contribution is -2.21. The molecule has 0 fully saturated rings. The molecule has 0 aromatic heterocycles.